The topological polar surface area (TPSA) is 55.4 Å². The van der Waals surface area contributed by atoms with Gasteiger partial charge in [-0.2, -0.15) is 0 Å². The van der Waals surface area contributed by atoms with Gasteiger partial charge in [-0.05, 0) is 24.6 Å². The molecular weight excluding hydrogens is 322 g/mol. The standard InChI is InChI=1S/C16H18ClNO3S/c1-13-5-4-6-14(11-13)12-22(19,20)18-9-10-21-16-8-3-2-7-15(16)17/h2-8,11,18H,9-10,12H2,1H3. The fourth-order valence-electron chi connectivity index (χ4n) is 1.99. The van der Waals surface area contributed by atoms with Crippen molar-refractivity contribution in [1.29, 1.82) is 0 Å². The second-order valence-electron chi connectivity index (χ2n) is 4.92. The number of hydrogen-bond acceptors (Lipinski definition) is 3. The summed E-state index contributed by atoms with van der Waals surface area (Å²) in [5.41, 5.74) is 1.80. The summed E-state index contributed by atoms with van der Waals surface area (Å²) in [6, 6.07) is 14.5. The van der Waals surface area contributed by atoms with E-state index in [0.29, 0.717) is 10.8 Å². The van der Waals surface area contributed by atoms with E-state index in [1.54, 1.807) is 24.3 Å². The summed E-state index contributed by atoms with van der Waals surface area (Å²) in [6.45, 7) is 2.34. The van der Waals surface area contributed by atoms with Gasteiger partial charge in [0.15, 0.2) is 0 Å². The Kier molecular flexibility index (Phi) is 5.83. The smallest absolute Gasteiger partial charge is 0.215 e. The van der Waals surface area contributed by atoms with Crippen LogP contribution in [0.2, 0.25) is 5.02 Å². The molecule has 0 aromatic heterocycles. The van der Waals surface area contributed by atoms with E-state index in [9.17, 15) is 8.42 Å². The van der Waals surface area contributed by atoms with E-state index in [2.05, 4.69) is 4.72 Å². The van der Waals surface area contributed by atoms with Gasteiger partial charge in [0.1, 0.15) is 12.4 Å². The van der Waals surface area contributed by atoms with Crippen LogP contribution < -0.4 is 9.46 Å². The summed E-state index contributed by atoms with van der Waals surface area (Å²) in [6.07, 6.45) is 0. The molecule has 0 bridgehead atoms. The van der Waals surface area contributed by atoms with Crippen molar-refractivity contribution in [1.82, 2.24) is 4.72 Å². The molecule has 2 aromatic rings. The third-order valence-electron chi connectivity index (χ3n) is 2.96. The molecule has 0 saturated heterocycles. The quantitative estimate of drug-likeness (QED) is 0.788. The van der Waals surface area contributed by atoms with Crippen LogP contribution in [0.4, 0.5) is 0 Å². The summed E-state index contributed by atoms with van der Waals surface area (Å²) in [5.74, 6) is 0.503. The molecule has 0 amide bonds. The molecule has 0 fully saturated rings. The highest BCUT2D eigenvalue weighted by molar-refractivity contribution is 7.88. The Balaban J connectivity index is 1.82. The van der Waals surface area contributed by atoms with Gasteiger partial charge in [-0.25, -0.2) is 13.1 Å². The molecule has 118 valence electrons. The number of nitrogens with one attached hydrogen (secondary N) is 1. The van der Waals surface area contributed by atoms with E-state index in [-0.39, 0.29) is 18.9 Å². The Morgan fingerprint density at radius 2 is 1.91 bits per heavy atom. The minimum absolute atomic E-state index is 0.0409. The van der Waals surface area contributed by atoms with Crippen LogP contribution in [0.3, 0.4) is 0 Å². The maximum Gasteiger partial charge on any atom is 0.215 e. The molecule has 2 rings (SSSR count). The minimum Gasteiger partial charge on any atom is -0.491 e. The molecule has 0 heterocycles. The summed E-state index contributed by atoms with van der Waals surface area (Å²) in [4.78, 5) is 0. The van der Waals surface area contributed by atoms with E-state index in [1.807, 2.05) is 31.2 Å². The van der Waals surface area contributed by atoms with Crippen LogP contribution >= 0.6 is 11.6 Å². The third-order valence-corrected chi connectivity index (χ3v) is 4.63. The average Bonchev–Trinajstić information content (AvgIpc) is 2.45. The Morgan fingerprint density at radius 3 is 2.64 bits per heavy atom. The number of halogens is 1. The number of sulfonamides is 1. The SMILES string of the molecule is Cc1cccc(CS(=O)(=O)NCCOc2ccccc2Cl)c1. The molecule has 2 aromatic carbocycles. The van der Waals surface area contributed by atoms with Gasteiger partial charge in [0, 0.05) is 6.54 Å². The van der Waals surface area contributed by atoms with Crippen molar-refractivity contribution in [3.05, 3.63) is 64.7 Å². The highest BCUT2D eigenvalue weighted by atomic mass is 35.5. The fourth-order valence-corrected chi connectivity index (χ4v) is 3.30. The van der Waals surface area contributed by atoms with Gasteiger partial charge >= 0.3 is 0 Å². The van der Waals surface area contributed by atoms with E-state index < -0.39 is 10.0 Å². The Bertz CT molecular complexity index is 732. The van der Waals surface area contributed by atoms with E-state index in [1.165, 1.54) is 0 Å². The molecule has 22 heavy (non-hydrogen) atoms. The number of para-hydroxylation sites is 1. The zero-order chi connectivity index (χ0) is 16.0. The summed E-state index contributed by atoms with van der Waals surface area (Å²) < 4.78 is 32.0. The molecule has 0 saturated carbocycles. The highest BCUT2D eigenvalue weighted by Crippen LogP contribution is 2.22. The predicted molar refractivity (Wildman–Crippen MR) is 88.8 cm³/mol. The van der Waals surface area contributed by atoms with Gasteiger partial charge in [0.25, 0.3) is 0 Å². The lowest BCUT2D eigenvalue weighted by atomic mass is 10.2. The molecule has 0 aliphatic rings. The first kappa shape index (κ1) is 16.8. The molecule has 0 radical (unpaired) electrons. The van der Waals surface area contributed by atoms with Crippen molar-refractivity contribution < 1.29 is 13.2 Å². The van der Waals surface area contributed by atoms with Crippen molar-refractivity contribution >= 4 is 21.6 Å². The van der Waals surface area contributed by atoms with Gasteiger partial charge in [-0.15, -0.1) is 0 Å². The second-order valence-corrected chi connectivity index (χ2v) is 7.14. The van der Waals surface area contributed by atoms with Crippen LogP contribution in [-0.4, -0.2) is 21.6 Å². The normalized spacial score (nSPS) is 11.4. The molecule has 4 nitrogen and oxygen atoms in total. The van der Waals surface area contributed by atoms with Gasteiger partial charge in [0.05, 0.1) is 10.8 Å². The Morgan fingerprint density at radius 1 is 1.14 bits per heavy atom. The number of aryl methyl sites for hydroxylation is 1. The van der Waals surface area contributed by atoms with Crippen molar-refractivity contribution in [3.8, 4) is 5.75 Å². The number of hydrogen-bond donors (Lipinski definition) is 1. The lowest BCUT2D eigenvalue weighted by molar-refractivity contribution is 0.323. The fraction of sp³-hybridized carbons (Fsp3) is 0.250. The van der Waals surface area contributed by atoms with Crippen LogP contribution in [0.25, 0.3) is 0 Å². The van der Waals surface area contributed by atoms with Gasteiger partial charge < -0.3 is 4.74 Å². The van der Waals surface area contributed by atoms with Crippen LogP contribution in [0.15, 0.2) is 48.5 Å². The summed E-state index contributed by atoms with van der Waals surface area (Å²) in [5, 5.41) is 0.505. The average molecular weight is 340 g/mol. The lowest BCUT2D eigenvalue weighted by Gasteiger charge is -2.09. The lowest BCUT2D eigenvalue weighted by Crippen LogP contribution is -2.29. The molecule has 0 atom stereocenters. The van der Waals surface area contributed by atoms with Crippen molar-refractivity contribution in [3.63, 3.8) is 0 Å². The van der Waals surface area contributed by atoms with Gasteiger partial charge in [-0.1, -0.05) is 53.6 Å². The zero-order valence-electron chi connectivity index (χ0n) is 12.3. The summed E-state index contributed by atoms with van der Waals surface area (Å²) in [7, 11) is -3.38. The van der Waals surface area contributed by atoms with Crippen LogP contribution in [-0.2, 0) is 15.8 Å². The largest absolute Gasteiger partial charge is 0.491 e. The van der Waals surface area contributed by atoms with E-state index in [4.69, 9.17) is 16.3 Å². The first-order chi connectivity index (χ1) is 10.5. The minimum atomic E-state index is -3.38. The molecule has 1 N–H and O–H groups in total. The van der Waals surface area contributed by atoms with Crippen molar-refractivity contribution in [2.45, 2.75) is 12.7 Å². The molecule has 6 heteroatoms. The van der Waals surface area contributed by atoms with Gasteiger partial charge in [0.2, 0.25) is 10.0 Å². The maximum atomic E-state index is 12.0. The predicted octanol–water partition coefficient (Wildman–Crippen LogP) is 3.15. The molecule has 0 unspecified atom stereocenters. The van der Waals surface area contributed by atoms with E-state index >= 15 is 0 Å². The molecule has 0 aliphatic heterocycles. The first-order valence-electron chi connectivity index (χ1n) is 6.86. The Labute approximate surface area is 136 Å². The monoisotopic (exact) mass is 339 g/mol. The van der Waals surface area contributed by atoms with Crippen LogP contribution in [0, 0.1) is 6.92 Å². The first-order valence-corrected chi connectivity index (χ1v) is 8.89. The molecular formula is C16H18ClNO3S. The zero-order valence-corrected chi connectivity index (χ0v) is 13.8. The van der Waals surface area contributed by atoms with Crippen molar-refractivity contribution in [2.75, 3.05) is 13.2 Å². The van der Waals surface area contributed by atoms with Gasteiger partial charge in [-0.3, -0.25) is 0 Å². The van der Waals surface area contributed by atoms with E-state index in [0.717, 1.165) is 11.1 Å². The number of benzene rings is 2. The maximum absolute atomic E-state index is 12.0. The highest BCUT2D eigenvalue weighted by Gasteiger charge is 2.11. The third kappa shape index (κ3) is 5.33. The number of rotatable bonds is 7. The second kappa shape index (κ2) is 7.63. The molecule has 0 spiro atoms. The van der Waals surface area contributed by atoms with Crippen LogP contribution in [0.5, 0.6) is 5.75 Å². The van der Waals surface area contributed by atoms with Crippen molar-refractivity contribution in [2.24, 2.45) is 0 Å². The Hall–Kier alpha value is -1.56. The molecule has 0 aliphatic carbocycles. The summed E-state index contributed by atoms with van der Waals surface area (Å²) >= 11 is 5.95. The van der Waals surface area contributed by atoms with Crippen LogP contribution in [0.1, 0.15) is 11.1 Å². The number of ether oxygens (including phenoxy) is 1.